The van der Waals surface area contributed by atoms with E-state index >= 15 is 0 Å². The van der Waals surface area contributed by atoms with Crippen molar-refractivity contribution in [1.29, 1.82) is 0 Å². The Morgan fingerprint density at radius 2 is 1.70 bits per heavy atom. The minimum absolute atomic E-state index is 0.827. The largest absolute Gasteiger partial charge is 0.127 e. The minimum Gasteiger partial charge on any atom is -0.127 e. The van der Waals surface area contributed by atoms with Gasteiger partial charge >= 0.3 is 0 Å². The molecule has 0 rings (SSSR count). The van der Waals surface area contributed by atoms with Crippen molar-refractivity contribution < 1.29 is 0 Å². The van der Waals surface area contributed by atoms with E-state index in [9.17, 15) is 0 Å². The van der Waals surface area contributed by atoms with Gasteiger partial charge in [-0.2, -0.15) is 0 Å². The van der Waals surface area contributed by atoms with E-state index < -0.39 is 0 Å². The highest BCUT2D eigenvalue weighted by Gasteiger charge is 1.76. The van der Waals surface area contributed by atoms with Crippen LogP contribution in [0.5, 0.6) is 0 Å². The number of halogens is 1. The molecule has 1 heteroatoms. The van der Waals surface area contributed by atoms with Crippen LogP contribution in [0.25, 0.3) is 0 Å². The second-order valence-electron chi connectivity index (χ2n) is 1.87. The van der Waals surface area contributed by atoms with Crippen molar-refractivity contribution in [1.82, 2.24) is 0 Å². The Bertz CT molecular complexity index is 57.1. The van der Waals surface area contributed by atoms with Crippen LogP contribution in [0, 0.1) is 0 Å². The zero-order valence-electron chi connectivity index (χ0n) is 6.78. The lowest BCUT2D eigenvalue weighted by molar-refractivity contribution is 0.776. The van der Waals surface area contributed by atoms with Crippen LogP contribution < -0.4 is 0 Å². The number of rotatable bonds is 4. The Hall–Kier alpha value is -0.230. The molecule has 0 saturated heterocycles. The van der Waals surface area contributed by atoms with Crippen LogP contribution in [0.2, 0.25) is 0 Å². The summed E-state index contributed by atoms with van der Waals surface area (Å²) in [4.78, 5) is 0. The zero-order chi connectivity index (χ0) is 8.24. The molecule has 0 nitrogen and oxygen atoms in total. The first kappa shape index (κ1) is 12.4. The summed E-state index contributed by atoms with van der Waals surface area (Å²) in [5.41, 5.74) is 0. The van der Waals surface area contributed by atoms with E-state index in [-0.39, 0.29) is 0 Å². The Labute approximate surface area is 69.6 Å². The molecular weight excluding hydrogens is 144 g/mol. The molecule has 0 aliphatic rings. The first-order chi connectivity index (χ1) is 4.83. The van der Waals surface area contributed by atoms with Crippen molar-refractivity contribution in [3.05, 3.63) is 25.3 Å². The number of alkyl halides is 1. The summed E-state index contributed by atoms with van der Waals surface area (Å²) in [6.45, 7) is 8.90. The highest BCUT2D eigenvalue weighted by atomic mass is 35.5. The first-order valence-electron chi connectivity index (χ1n) is 3.62. The van der Waals surface area contributed by atoms with Crippen molar-refractivity contribution >= 4 is 11.6 Å². The molecule has 0 aliphatic heterocycles. The van der Waals surface area contributed by atoms with Crippen LogP contribution in [-0.2, 0) is 0 Å². The smallest absolute Gasteiger partial charge is 0.0223 e. The molecule has 0 aromatic heterocycles. The summed E-state index contributed by atoms with van der Waals surface area (Å²) in [6, 6.07) is 0. The Balaban J connectivity index is 0. The summed E-state index contributed by atoms with van der Waals surface area (Å²) in [5, 5.41) is 0. The maximum atomic E-state index is 5.38. The quantitative estimate of drug-likeness (QED) is 0.334. The fourth-order valence-electron chi connectivity index (χ4n) is 0.344. The predicted octanol–water partition coefficient (Wildman–Crippen LogP) is 3.77. The molecule has 60 valence electrons. The van der Waals surface area contributed by atoms with Gasteiger partial charge in [0.25, 0.3) is 0 Å². The predicted molar refractivity (Wildman–Crippen MR) is 50.6 cm³/mol. The molecule has 0 saturated carbocycles. The van der Waals surface area contributed by atoms with Gasteiger partial charge < -0.3 is 0 Å². The van der Waals surface area contributed by atoms with E-state index in [0.29, 0.717) is 0 Å². The monoisotopic (exact) mass is 160 g/mol. The third-order valence-corrected chi connectivity index (χ3v) is 1.17. The van der Waals surface area contributed by atoms with Crippen LogP contribution in [-0.4, -0.2) is 5.88 Å². The summed E-state index contributed by atoms with van der Waals surface area (Å²) >= 11 is 5.38. The van der Waals surface area contributed by atoms with Crippen LogP contribution in [0.4, 0.5) is 0 Å². The van der Waals surface area contributed by atoms with Crippen molar-refractivity contribution in [3.63, 3.8) is 0 Å². The van der Waals surface area contributed by atoms with Gasteiger partial charge in [-0.25, -0.2) is 0 Å². The van der Waals surface area contributed by atoms with Gasteiger partial charge in [0, 0.05) is 5.88 Å². The van der Waals surface area contributed by atoms with Crippen molar-refractivity contribution in [2.45, 2.75) is 26.2 Å². The molecule has 0 atom stereocenters. The Morgan fingerprint density at radius 3 is 1.80 bits per heavy atom. The molecule has 0 N–H and O–H groups in total. The van der Waals surface area contributed by atoms with Crippen molar-refractivity contribution in [2.24, 2.45) is 0 Å². The average molecular weight is 161 g/mol. The van der Waals surface area contributed by atoms with Gasteiger partial charge in [-0.15, -0.1) is 11.6 Å². The molecule has 0 aromatic carbocycles. The molecule has 0 aromatic rings. The third-order valence-electron chi connectivity index (χ3n) is 0.904. The highest BCUT2D eigenvalue weighted by Crippen LogP contribution is 1.93. The normalized spacial score (nSPS) is 7.40. The van der Waals surface area contributed by atoms with Gasteiger partial charge in [-0.1, -0.05) is 45.1 Å². The lowest BCUT2D eigenvalue weighted by atomic mass is 10.3. The fraction of sp³-hybridized carbons (Fsp3) is 0.556. The van der Waals surface area contributed by atoms with Crippen LogP contribution in [0.1, 0.15) is 26.2 Å². The highest BCUT2D eigenvalue weighted by molar-refractivity contribution is 6.17. The van der Waals surface area contributed by atoms with Gasteiger partial charge in [-0.3, -0.25) is 0 Å². The molecule has 0 spiro atoms. The summed E-state index contributed by atoms with van der Waals surface area (Å²) in [5.74, 6) is 0.827. The zero-order valence-corrected chi connectivity index (χ0v) is 7.53. The van der Waals surface area contributed by atoms with Gasteiger partial charge in [0.05, 0.1) is 0 Å². The summed E-state index contributed by atoms with van der Waals surface area (Å²) < 4.78 is 0. The maximum absolute atomic E-state index is 5.38. The molecule has 0 unspecified atom stereocenters. The Morgan fingerprint density at radius 1 is 1.20 bits per heavy atom. The third kappa shape index (κ3) is 25.1. The topological polar surface area (TPSA) is 0 Å². The molecule has 0 heterocycles. The minimum atomic E-state index is 0.827. The first-order valence-corrected chi connectivity index (χ1v) is 4.16. The van der Waals surface area contributed by atoms with Gasteiger partial charge in [0.1, 0.15) is 0 Å². The SMILES string of the molecule is C=CC=C.CCCCCCl. The van der Waals surface area contributed by atoms with E-state index in [1.165, 1.54) is 19.3 Å². The lowest BCUT2D eigenvalue weighted by Crippen LogP contribution is -1.70. The van der Waals surface area contributed by atoms with E-state index in [4.69, 9.17) is 11.6 Å². The second kappa shape index (κ2) is 15.9. The maximum Gasteiger partial charge on any atom is 0.0223 e. The fourth-order valence-corrected chi connectivity index (χ4v) is 0.533. The standard InChI is InChI=1S/C5H11Cl.C4H6/c1-2-3-4-5-6;1-3-4-2/h2-5H2,1H3;3-4H,1-2H2. The average Bonchev–Trinajstić information content (AvgIpc) is 2.01. The van der Waals surface area contributed by atoms with Gasteiger partial charge in [-0.05, 0) is 6.42 Å². The van der Waals surface area contributed by atoms with E-state index in [1.54, 1.807) is 12.2 Å². The van der Waals surface area contributed by atoms with Crippen molar-refractivity contribution in [3.8, 4) is 0 Å². The molecule has 10 heavy (non-hydrogen) atoms. The van der Waals surface area contributed by atoms with Crippen LogP contribution in [0.15, 0.2) is 25.3 Å². The van der Waals surface area contributed by atoms with Crippen molar-refractivity contribution in [2.75, 3.05) is 5.88 Å². The van der Waals surface area contributed by atoms with Crippen LogP contribution in [0.3, 0.4) is 0 Å². The molecular formula is C9H17Cl. The van der Waals surface area contributed by atoms with Gasteiger partial charge in [0.15, 0.2) is 0 Å². The molecule has 0 amide bonds. The second-order valence-corrected chi connectivity index (χ2v) is 2.25. The number of hydrogen-bond acceptors (Lipinski definition) is 0. The van der Waals surface area contributed by atoms with Crippen LogP contribution >= 0.6 is 11.6 Å². The Kier molecular flexibility index (Phi) is 19.8. The number of allylic oxidation sites excluding steroid dienone is 2. The van der Waals surface area contributed by atoms with E-state index in [1.807, 2.05) is 0 Å². The number of unbranched alkanes of at least 4 members (excludes halogenated alkanes) is 2. The molecule has 0 radical (unpaired) electrons. The number of hydrogen-bond donors (Lipinski definition) is 0. The molecule has 0 aliphatic carbocycles. The lowest BCUT2D eigenvalue weighted by Gasteiger charge is -1.84. The summed E-state index contributed by atoms with van der Waals surface area (Å²) in [7, 11) is 0. The molecule has 0 bridgehead atoms. The van der Waals surface area contributed by atoms with Gasteiger partial charge in [0.2, 0.25) is 0 Å². The van der Waals surface area contributed by atoms with E-state index in [2.05, 4.69) is 20.1 Å². The summed E-state index contributed by atoms with van der Waals surface area (Å²) in [6.07, 6.45) is 7.01. The van der Waals surface area contributed by atoms with E-state index in [0.717, 1.165) is 5.88 Å². The molecule has 0 fully saturated rings.